The molecule has 1 aliphatic carbocycles. The van der Waals surface area contributed by atoms with Crippen LogP contribution in [0.1, 0.15) is 143 Å². The third-order valence-electron chi connectivity index (χ3n) is 7.73. The minimum atomic E-state index is 0.296. The summed E-state index contributed by atoms with van der Waals surface area (Å²) in [4.78, 5) is 0. The molecule has 1 atom stereocenters. The SMILES string of the molecule is C#CC1(C)CC1.C=C(C)N.C=C/C=C\C=C/CCC(c1ccc(C)cc1)c1cc(C)cc(CC(C)(C)C(C)C)c1.CC.CC.CC. The molecular formula is C45H73N. The first kappa shape index (κ1) is 47.2. The van der Waals surface area contributed by atoms with E-state index in [-0.39, 0.29) is 0 Å². The van der Waals surface area contributed by atoms with Gasteiger partial charge < -0.3 is 5.73 Å². The minimum absolute atomic E-state index is 0.296. The molecule has 0 aliphatic heterocycles. The van der Waals surface area contributed by atoms with Crippen molar-refractivity contribution in [3.8, 4) is 12.3 Å². The molecule has 2 aromatic rings. The van der Waals surface area contributed by atoms with Crippen LogP contribution in [0.2, 0.25) is 0 Å². The Labute approximate surface area is 288 Å². The minimum Gasteiger partial charge on any atom is -0.403 e. The summed E-state index contributed by atoms with van der Waals surface area (Å²) in [5.74, 6) is 3.79. The van der Waals surface area contributed by atoms with E-state index in [0.29, 0.717) is 28.4 Å². The molecular weight excluding hydrogens is 555 g/mol. The van der Waals surface area contributed by atoms with Gasteiger partial charge in [0.1, 0.15) is 0 Å². The number of aryl methyl sites for hydroxylation is 2. The monoisotopic (exact) mass is 628 g/mol. The van der Waals surface area contributed by atoms with Crippen LogP contribution >= 0.6 is 0 Å². The summed E-state index contributed by atoms with van der Waals surface area (Å²) < 4.78 is 0. The largest absolute Gasteiger partial charge is 0.403 e. The van der Waals surface area contributed by atoms with E-state index in [1.54, 1.807) is 6.92 Å². The summed E-state index contributed by atoms with van der Waals surface area (Å²) in [6.45, 7) is 36.8. The summed E-state index contributed by atoms with van der Waals surface area (Å²) in [6, 6.07) is 16.3. The van der Waals surface area contributed by atoms with Gasteiger partial charge in [-0.3, -0.25) is 0 Å². The molecule has 0 radical (unpaired) electrons. The van der Waals surface area contributed by atoms with Crippen molar-refractivity contribution in [2.45, 2.75) is 135 Å². The lowest BCUT2D eigenvalue weighted by Crippen LogP contribution is -2.22. The van der Waals surface area contributed by atoms with Gasteiger partial charge in [-0.25, -0.2) is 0 Å². The van der Waals surface area contributed by atoms with Gasteiger partial charge in [-0.15, -0.1) is 12.3 Å². The predicted octanol–water partition coefficient (Wildman–Crippen LogP) is 13.7. The van der Waals surface area contributed by atoms with Gasteiger partial charge >= 0.3 is 0 Å². The molecule has 1 fully saturated rings. The lowest BCUT2D eigenvalue weighted by Gasteiger charge is -2.30. The fraction of sp³-hybridized carbons (Fsp3) is 0.511. The van der Waals surface area contributed by atoms with E-state index in [1.165, 1.54) is 40.7 Å². The normalized spacial score (nSPS) is 13.0. The molecule has 2 N–H and O–H groups in total. The van der Waals surface area contributed by atoms with Crippen LogP contribution in [0, 0.1) is 42.9 Å². The Morgan fingerprint density at radius 3 is 1.85 bits per heavy atom. The maximum atomic E-state index is 5.12. The van der Waals surface area contributed by atoms with E-state index in [9.17, 15) is 0 Å². The van der Waals surface area contributed by atoms with E-state index in [2.05, 4.69) is 122 Å². The highest BCUT2D eigenvalue weighted by molar-refractivity contribution is 5.39. The third-order valence-corrected chi connectivity index (χ3v) is 7.73. The van der Waals surface area contributed by atoms with Crippen LogP contribution in [0.5, 0.6) is 0 Å². The Morgan fingerprint density at radius 1 is 0.913 bits per heavy atom. The third kappa shape index (κ3) is 22.3. The fourth-order valence-electron chi connectivity index (χ4n) is 4.16. The zero-order chi connectivity index (χ0) is 36.3. The Bertz CT molecular complexity index is 1160. The second kappa shape index (κ2) is 26.9. The first-order valence-corrected chi connectivity index (χ1v) is 17.7. The van der Waals surface area contributed by atoms with Crippen LogP contribution in [0.4, 0.5) is 0 Å². The molecule has 0 heterocycles. The molecule has 46 heavy (non-hydrogen) atoms. The first-order chi connectivity index (χ1) is 21.7. The number of hydrogen-bond donors (Lipinski definition) is 1. The van der Waals surface area contributed by atoms with Crippen molar-refractivity contribution in [1.29, 1.82) is 0 Å². The van der Waals surface area contributed by atoms with Gasteiger partial charge in [0, 0.05) is 11.3 Å². The smallest absolute Gasteiger partial charge is 0.0285 e. The number of allylic oxidation sites excluding steroid dienone is 6. The molecule has 0 bridgehead atoms. The molecule has 0 spiro atoms. The standard InChI is InChI=1S/C30H40.C6H8.C3H7N.3C2H6/c1-8-9-10-11-12-13-14-29(27-17-15-24(4)16-18-27)28-20-25(5)19-26(21-28)22-30(6,7)23(2)3;1-3-6(2)4-5-6;1-3(2)4;3*1-2/h8-12,15-21,23,29H,1,13-14,22H2,2-7H3;1H,4-5H2,2H3;1,4H2,2H3;3*1-2H3/b10-9-,12-11-;;;;;. The van der Waals surface area contributed by atoms with Gasteiger partial charge in [0.2, 0.25) is 0 Å². The molecule has 0 amide bonds. The Hall–Kier alpha value is -3.24. The maximum absolute atomic E-state index is 5.12. The number of terminal acetylenes is 1. The molecule has 1 unspecified atom stereocenters. The van der Waals surface area contributed by atoms with Crippen LogP contribution < -0.4 is 5.73 Å². The van der Waals surface area contributed by atoms with Crippen molar-refractivity contribution >= 4 is 0 Å². The van der Waals surface area contributed by atoms with Crippen LogP contribution in [0.15, 0.2) is 91.7 Å². The van der Waals surface area contributed by atoms with Gasteiger partial charge in [-0.05, 0) is 93.5 Å². The summed E-state index contributed by atoms with van der Waals surface area (Å²) in [5.41, 5.74) is 13.2. The summed E-state index contributed by atoms with van der Waals surface area (Å²) in [7, 11) is 0. The van der Waals surface area contributed by atoms with Crippen molar-refractivity contribution in [1.82, 2.24) is 0 Å². The molecule has 0 saturated heterocycles. The molecule has 1 aliphatic rings. The van der Waals surface area contributed by atoms with Crippen LogP contribution in [-0.4, -0.2) is 0 Å². The summed E-state index contributed by atoms with van der Waals surface area (Å²) >= 11 is 0. The van der Waals surface area contributed by atoms with Crippen LogP contribution in [-0.2, 0) is 6.42 Å². The zero-order valence-corrected chi connectivity index (χ0v) is 32.7. The van der Waals surface area contributed by atoms with Crippen molar-refractivity contribution in [2.75, 3.05) is 0 Å². The second-order valence-corrected chi connectivity index (χ2v) is 12.7. The average Bonchev–Trinajstić information content (AvgIpc) is 3.77. The summed E-state index contributed by atoms with van der Waals surface area (Å²) in [5, 5.41) is 0. The van der Waals surface area contributed by atoms with E-state index in [1.807, 2.05) is 59.8 Å². The number of hydrogen-bond acceptors (Lipinski definition) is 1. The number of nitrogens with two attached hydrogens (primary N) is 1. The molecule has 1 nitrogen and oxygen atoms in total. The fourth-order valence-corrected chi connectivity index (χ4v) is 4.16. The van der Waals surface area contributed by atoms with E-state index >= 15 is 0 Å². The van der Waals surface area contributed by atoms with Crippen molar-refractivity contribution in [3.63, 3.8) is 0 Å². The van der Waals surface area contributed by atoms with Gasteiger partial charge in [0.25, 0.3) is 0 Å². The Kier molecular flexibility index (Phi) is 27.6. The molecule has 2 aromatic carbocycles. The van der Waals surface area contributed by atoms with Crippen LogP contribution in [0.3, 0.4) is 0 Å². The topological polar surface area (TPSA) is 26.0 Å². The van der Waals surface area contributed by atoms with Gasteiger partial charge in [0.05, 0.1) is 0 Å². The van der Waals surface area contributed by atoms with Gasteiger partial charge in [-0.2, -0.15) is 0 Å². The maximum Gasteiger partial charge on any atom is 0.0285 e. The highest BCUT2D eigenvalue weighted by Crippen LogP contribution is 2.43. The van der Waals surface area contributed by atoms with Crippen molar-refractivity contribution < 1.29 is 0 Å². The highest BCUT2D eigenvalue weighted by atomic mass is 14.5. The first-order valence-electron chi connectivity index (χ1n) is 17.7. The molecule has 3 rings (SSSR count). The second-order valence-electron chi connectivity index (χ2n) is 12.7. The highest BCUT2D eigenvalue weighted by Gasteiger charge is 2.34. The van der Waals surface area contributed by atoms with Crippen molar-refractivity contribution in [2.24, 2.45) is 22.5 Å². The average molecular weight is 628 g/mol. The molecule has 0 aromatic heterocycles. The zero-order valence-electron chi connectivity index (χ0n) is 32.7. The number of benzene rings is 2. The van der Waals surface area contributed by atoms with E-state index in [0.717, 1.165) is 19.3 Å². The molecule has 1 heteroatoms. The van der Waals surface area contributed by atoms with Crippen LogP contribution in [0.25, 0.3) is 0 Å². The quantitative estimate of drug-likeness (QED) is 0.206. The summed E-state index contributed by atoms with van der Waals surface area (Å²) in [6.07, 6.45) is 21.1. The Morgan fingerprint density at radius 2 is 1.43 bits per heavy atom. The Balaban J connectivity index is -0.000000958. The lowest BCUT2D eigenvalue weighted by molar-refractivity contribution is 0.248. The molecule has 1 saturated carbocycles. The van der Waals surface area contributed by atoms with Gasteiger partial charge in [-0.1, -0.05) is 166 Å². The van der Waals surface area contributed by atoms with Gasteiger partial charge in [0.15, 0.2) is 0 Å². The number of rotatable bonds is 10. The lowest BCUT2D eigenvalue weighted by atomic mass is 9.75. The molecule has 258 valence electrons. The predicted molar refractivity (Wildman–Crippen MR) is 213 cm³/mol. The van der Waals surface area contributed by atoms with E-state index < -0.39 is 0 Å². The van der Waals surface area contributed by atoms with E-state index in [4.69, 9.17) is 12.2 Å². The van der Waals surface area contributed by atoms with Crippen molar-refractivity contribution in [3.05, 3.63) is 120 Å².